The summed E-state index contributed by atoms with van der Waals surface area (Å²) in [6.45, 7) is 2.25. The number of aromatic carboxylic acids is 1. The van der Waals surface area contributed by atoms with Crippen molar-refractivity contribution in [3.05, 3.63) is 81.5 Å². The summed E-state index contributed by atoms with van der Waals surface area (Å²) in [5.74, 6) is -2.49. The van der Waals surface area contributed by atoms with Gasteiger partial charge in [0.15, 0.2) is 9.84 Å². The maximum atomic E-state index is 14.8. The Kier molecular flexibility index (Phi) is 6.87. The van der Waals surface area contributed by atoms with Gasteiger partial charge in [0, 0.05) is 35.4 Å². The molecule has 0 radical (unpaired) electrons. The Labute approximate surface area is 206 Å². The zero-order chi connectivity index (χ0) is 26.2. The van der Waals surface area contributed by atoms with Gasteiger partial charge in [-0.15, -0.1) is 0 Å². The molecule has 36 heavy (non-hydrogen) atoms. The average Bonchev–Trinajstić information content (AvgIpc) is 3.38. The Morgan fingerprint density at radius 1 is 1.28 bits per heavy atom. The quantitative estimate of drug-likeness (QED) is 0.309. The van der Waals surface area contributed by atoms with Crippen LogP contribution in [0.5, 0.6) is 0 Å². The second-order valence-corrected chi connectivity index (χ2v) is 10.9. The summed E-state index contributed by atoms with van der Waals surface area (Å²) >= 11 is 0. The first kappa shape index (κ1) is 25.4. The van der Waals surface area contributed by atoms with E-state index in [0.717, 1.165) is 12.3 Å². The van der Waals surface area contributed by atoms with Crippen LogP contribution in [0.15, 0.2) is 51.8 Å². The molecule has 0 aliphatic heterocycles. The molecular formula is C25H26FN3O6S. The first-order valence-corrected chi connectivity index (χ1v) is 13.3. The summed E-state index contributed by atoms with van der Waals surface area (Å²) < 4.78 is 44.7. The van der Waals surface area contributed by atoms with Crippen molar-refractivity contribution in [2.45, 2.75) is 31.6 Å². The molecule has 9 nitrogen and oxygen atoms in total. The maximum absolute atomic E-state index is 14.8. The number of oxazole rings is 1. The van der Waals surface area contributed by atoms with Crippen LogP contribution in [-0.4, -0.2) is 41.8 Å². The molecule has 190 valence electrons. The van der Waals surface area contributed by atoms with Crippen LogP contribution >= 0.6 is 0 Å². The number of hydrogen-bond acceptors (Lipinski definition) is 6. The van der Waals surface area contributed by atoms with Crippen molar-refractivity contribution in [3.63, 3.8) is 0 Å². The van der Waals surface area contributed by atoms with Crippen molar-refractivity contribution in [2.75, 3.05) is 12.8 Å². The van der Waals surface area contributed by atoms with E-state index in [9.17, 15) is 27.5 Å². The van der Waals surface area contributed by atoms with Crippen LogP contribution in [0.4, 0.5) is 4.39 Å². The number of benzene rings is 2. The van der Waals surface area contributed by atoms with Crippen molar-refractivity contribution in [3.8, 4) is 11.1 Å². The number of nitrogens with one attached hydrogen (secondary N) is 1. The summed E-state index contributed by atoms with van der Waals surface area (Å²) in [4.78, 5) is 27.6. The number of H-pyrrole nitrogens is 1. The zero-order valence-corrected chi connectivity index (χ0v) is 20.6. The Bertz CT molecular complexity index is 1620. The molecule has 4 rings (SSSR count). The highest BCUT2D eigenvalue weighted by molar-refractivity contribution is 7.89. The molecule has 0 unspecified atom stereocenters. The number of carbonyl (C=O) groups is 1. The molecule has 1 atom stereocenters. The van der Waals surface area contributed by atoms with Crippen molar-refractivity contribution in [1.82, 2.24) is 9.55 Å². The molecular weight excluding hydrogens is 489 g/mol. The van der Waals surface area contributed by atoms with Crippen LogP contribution < -0.4 is 11.5 Å². The number of aromatic amines is 1. The Hall–Kier alpha value is -3.70. The summed E-state index contributed by atoms with van der Waals surface area (Å²) in [7, 11) is -3.45. The van der Waals surface area contributed by atoms with E-state index in [-0.39, 0.29) is 22.4 Å². The van der Waals surface area contributed by atoms with E-state index < -0.39 is 39.2 Å². The molecule has 0 bridgehead atoms. The second-order valence-electron chi connectivity index (χ2n) is 8.77. The zero-order valence-electron chi connectivity index (χ0n) is 19.7. The first-order chi connectivity index (χ1) is 17.0. The second kappa shape index (κ2) is 9.75. The number of halogens is 1. The van der Waals surface area contributed by atoms with Gasteiger partial charge >= 0.3 is 11.7 Å². The normalized spacial score (nSPS) is 12.8. The number of aromatic nitrogens is 2. The highest BCUT2D eigenvalue weighted by Crippen LogP contribution is 2.37. The molecule has 2 heterocycles. The van der Waals surface area contributed by atoms with Crippen LogP contribution in [-0.2, 0) is 22.0 Å². The van der Waals surface area contributed by atoms with Gasteiger partial charge in [0.25, 0.3) is 0 Å². The SMILES string of the molecule is C[C@@H](c1cccc2c(-c3ccc(CS(C)(=O)=O)c(F)c3)c(C(=O)O)[nH]c12)n1cc(CCCN)oc1=O. The minimum atomic E-state index is -3.45. The van der Waals surface area contributed by atoms with Crippen molar-refractivity contribution in [1.29, 1.82) is 0 Å². The number of sulfone groups is 1. The van der Waals surface area contributed by atoms with Crippen LogP contribution in [0.1, 0.15) is 46.8 Å². The summed E-state index contributed by atoms with van der Waals surface area (Å²) in [5, 5.41) is 10.4. The smallest absolute Gasteiger partial charge is 0.419 e. The minimum Gasteiger partial charge on any atom is -0.477 e. The lowest BCUT2D eigenvalue weighted by Gasteiger charge is -2.13. The van der Waals surface area contributed by atoms with E-state index in [1.807, 2.05) is 0 Å². The number of nitrogens with zero attached hydrogens (tertiary/aromatic N) is 1. The van der Waals surface area contributed by atoms with Crippen LogP contribution in [0.3, 0.4) is 0 Å². The van der Waals surface area contributed by atoms with Gasteiger partial charge in [0.1, 0.15) is 17.3 Å². The highest BCUT2D eigenvalue weighted by Gasteiger charge is 2.24. The van der Waals surface area contributed by atoms with E-state index in [4.69, 9.17) is 10.2 Å². The van der Waals surface area contributed by atoms with Gasteiger partial charge in [-0.05, 0) is 37.1 Å². The fourth-order valence-electron chi connectivity index (χ4n) is 4.36. The topological polar surface area (TPSA) is 148 Å². The molecule has 0 saturated heterocycles. The lowest BCUT2D eigenvalue weighted by Crippen LogP contribution is -2.18. The van der Waals surface area contributed by atoms with E-state index >= 15 is 0 Å². The van der Waals surface area contributed by atoms with Gasteiger partial charge in [-0.25, -0.2) is 22.4 Å². The average molecular weight is 516 g/mol. The fourth-order valence-corrected chi connectivity index (χ4v) is 5.16. The third-order valence-electron chi connectivity index (χ3n) is 6.05. The van der Waals surface area contributed by atoms with Gasteiger partial charge in [-0.3, -0.25) is 4.57 Å². The monoisotopic (exact) mass is 515 g/mol. The third-order valence-corrected chi connectivity index (χ3v) is 6.88. The summed E-state index contributed by atoms with van der Waals surface area (Å²) in [6, 6.07) is 8.68. The first-order valence-electron chi connectivity index (χ1n) is 11.3. The predicted octanol–water partition coefficient (Wildman–Crippen LogP) is 3.47. The van der Waals surface area contributed by atoms with Gasteiger partial charge < -0.3 is 20.2 Å². The molecule has 0 saturated carbocycles. The summed E-state index contributed by atoms with van der Waals surface area (Å²) in [5.41, 5.74) is 7.05. The molecule has 0 aliphatic rings. The maximum Gasteiger partial charge on any atom is 0.419 e. The lowest BCUT2D eigenvalue weighted by molar-refractivity contribution is 0.0692. The molecule has 0 aliphatic carbocycles. The standard InChI is InChI=1S/C25H26FN3O6S/c1-14(29-12-17(5-4-10-27)35-25(29)32)18-6-3-7-19-21(23(24(30)31)28-22(18)19)15-8-9-16(20(26)11-15)13-36(2,33)34/h3,6-9,11-12,14,28H,4-5,10,13,27H2,1-2H3,(H,30,31)/t14-/m0/s1. The molecule has 2 aromatic heterocycles. The van der Waals surface area contributed by atoms with Crippen LogP contribution in [0.25, 0.3) is 22.0 Å². The van der Waals surface area contributed by atoms with Crippen molar-refractivity contribution >= 4 is 26.7 Å². The Morgan fingerprint density at radius 3 is 2.67 bits per heavy atom. The van der Waals surface area contributed by atoms with Gasteiger partial charge in [-0.1, -0.05) is 30.3 Å². The van der Waals surface area contributed by atoms with Gasteiger partial charge in [0.2, 0.25) is 0 Å². The number of carboxylic acids is 1. The highest BCUT2D eigenvalue weighted by atomic mass is 32.2. The third kappa shape index (κ3) is 4.98. The molecule has 4 aromatic rings. The number of para-hydroxylation sites is 1. The predicted molar refractivity (Wildman–Crippen MR) is 133 cm³/mol. The molecule has 11 heteroatoms. The number of rotatable bonds is 9. The number of fused-ring (bicyclic) bond motifs is 1. The number of aryl methyl sites for hydroxylation is 1. The van der Waals surface area contributed by atoms with E-state index in [2.05, 4.69) is 4.98 Å². The van der Waals surface area contributed by atoms with Crippen molar-refractivity contribution < 1.29 is 27.1 Å². The number of hydrogen-bond donors (Lipinski definition) is 3. The van der Waals surface area contributed by atoms with E-state index in [1.54, 1.807) is 31.3 Å². The number of carboxylic acid groups (broad SMARTS) is 1. The largest absolute Gasteiger partial charge is 0.477 e. The lowest BCUT2D eigenvalue weighted by atomic mass is 9.98. The number of nitrogens with two attached hydrogens (primary N) is 1. The molecule has 0 spiro atoms. The Balaban J connectivity index is 1.84. The molecule has 2 aromatic carbocycles. The molecule has 4 N–H and O–H groups in total. The van der Waals surface area contributed by atoms with Gasteiger partial charge in [-0.2, -0.15) is 0 Å². The molecule has 0 fully saturated rings. The van der Waals surface area contributed by atoms with Gasteiger partial charge in [0.05, 0.1) is 17.3 Å². The van der Waals surface area contributed by atoms with Crippen LogP contribution in [0.2, 0.25) is 0 Å². The summed E-state index contributed by atoms with van der Waals surface area (Å²) in [6.07, 6.45) is 3.82. The molecule has 0 amide bonds. The minimum absolute atomic E-state index is 0.00273. The van der Waals surface area contributed by atoms with E-state index in [1.165, 1.54) is 16.7 Å². The van der Waals surface area contributed by atoms with E-state index in [0.29, 0.717) is 41.6 Å². The Morgan fingerprint density at radius 2 is 2.03 bits per heavy atom. The van der Waals surface area contributed by atoms with Crippen molar-refractivity contribution in [2.24, 2.45) is 5.73 Å². The van der Waals surface area contributed by atoms with Crippen LogP contribution in [0, 0.1) is 5.82 Å². The fraction of sp³-hybridized carbons (Fsp3) is 0.280.